The number of carbonyl (C=O) groups excluding carboxylic acids is 3. The first kappa shape index (κ1) is 23.8. The van der Waals surface area contributed by atoms with E-state index in [2.05, 4.69) is 10.4 Å². The van der Waals surface area contributed by atoms with Crippen molar-refractivity contribution in [2.75, 3.05) is 11.9 Å². The molecule has 2 amide bonds. The molecule has 1 aliphatic rings. The molecule has 0 saturated heterocycles. The van der Waals surface area contributed by atoms with Gasteiger partial charge in [-0.05, 0) is 37.8 Å². The number of hydrogen-bond acceptors (Lipinski definition) is 6. The van der Waals surface area contributed by atoms with Gasteiger partial charge in [0, 0.05) is 24.6 Å². The molecule has 3 rings (SSSR count). The Hall–Kier alpha value is -2.89. The first-order valence-corrected chi connectivity index (χ1v) is 10.9. The van der Waals surface area contributed by atoms with Gasteiger partial charge in [0.2, 0.25) is 5.91 Å². The van der Waals surface area contributed by atoms with Gasteiger partial charge < -0.3 is 15.8 Å². The lowest BCUT2D eigenvalue weighted by Crippen LogP contribution is -2.18. The fourth-order valence-corrected chi connectivity index (χ4v) is 4.27. The summed E-state index contributed by atoms with van der Waals surface area (Å²) >= 11 is 0.853. The molecule has 1 aliphatic carbocycles. The zero-order valence-corrected chi connectivity index (χ0v) is 18.4. The van der Waals surface area contributed by atoms with Crippen molar-refractivity contribution in [1.82, 2.24) is 9.78 Å². The van der Waals surface area contributed by atoms with Gasteiger partial charge in [-0.2, -0.15) is 18.3 Å². The van der Waals surface area contributed by atoms with E-state index in [0.717, 1.165) is 30.2 Å². The van der Waals surface area contributed by atoms with E-state index < -0.39 is 29.7 Å². The predicted molar refractivity (Wildman–Crippen MR) is 111 cm³/mol. The molecule has 0 aliphatic heterocycles. The summed E-state index contributed by atoms with van der Waals surface area (Å²) in [6.45, 7) is 3.45. The molecule has 0 aromatic carbocycles. The minimum atomic E-state index is -4.56. The van der Waals surface area contributed by atoms with Gasteiger partial charge in [0.15, 0.2) is 5.69 Å². The van der Waals surface area contributed by atoms with Gasteiger partial charge in [0.1, 0.15) is 5.00 Å². The molecule has 32 heavy (non-hydrogen) atoms. The third kappa shape index (κ3) is 5.29. The van der Waals surface area contributed by atoms with Gasteiger partial charge in [-0.15, -0.1) is 11.3 Å². The lowest BCUT2D eigenvalue weighted by molar-refractivity contribution is -0.141. The van der Waals surface area contributed by atoms with Gasteiger partial charge in [0.25, 0.3) is 5.91 Å². The average molecular weight is 472 g/mol. The third-order valence-electron chi connectivity index (χ3n) is 4.91. The summed E-state index contributed by atoms with van der Waals surface area (Å²) in [5, 5.41) is 6.30. The van der Waals surface area contributed by atoms with Crippen LogP contribution >= 0.6 is 11.3 Å². The number of esters is 1. The van der Waals surface area contributed by atoms with Crippen molar-refractivity contribution in [3.63, 3.8) is 0 Å². The maximum atomic E-state index is 13.0. The molecule has 12 heteroatoms. The Morgan fingerprint density at radius 2 is 2.03 bits per heavy atom. The zero-order chi connectivity index (χ0) is 23.6. The highest BCUT2D eigenvalue weighted by molar-refractivity contribution is 7.18. The Bertz CT molecular complexity index is 1040. The number of nitrogens with zero attached hydrogens (tertiary/aromatic N) is 2. The summed E-state index contributed by atoms with van der Waals surface area (Å²) < 4.78 is 45.4. The van der Waals surface area contributed by atoms with Crippen LogP contribution in [0.4, 0.5) is 18.2 Å². The second-order valence-electron chi connectivity index (χ2n) is 7.51. The Morgan fingerprint density at radius 1 is 1.34 bits per heavy atom. The highest BCUT2D eigenvalue weighted by Crippen LogP contribution is 2.42. The number of alkyl halides is 3. The lowest BCUT2D eigenvalue weighted by Gasteiger charge is -2.09. The normalized spacial score (nSPS) is 13.8. The van der Waals surface area contributed by atoms with E-state index in [1.54, 1.807) is 0 Å². The number of hydrogen-bond donors (Lipinski definition) is 2. The molecular weight excluding hydrogens is 449 g/mol. The van der Waals surface area contributed by atoms with Crippen molar-refractivity contribution in [3.05, 3.63) is 33.5 Å². The van der Waals surface area contributed by atoms with Crippen LogP contribution in [0, 0.1) is 6.92 Å². The molecule has 2 heterocycles. The second kappa shape index (κ2) is 9.31. The van der Waals surface area contributed by atoms with Crippen molar-refractivity contribution < 1.29 is 32.3 Å². The van der Waals surface area contributed by atoms with Gasteiger partial charge >= 0.3 is 12.1 Å². The summed E-state index contributed by atoms with van der Waals surface area (Å²) in [6.07, 6.45) is -2.59. The van der Waals surface area contributed by atoms with Gasteiger partial charge in [-0.25, -0.2) is 4.79 Å². The molecule has 2 aromatic rings. The van der Waals surface area contributed by atoms with Crippen LogP contribution in [0.2, 0.25) is 0 Å². The molecule has 1 fully saturated rings. The van der Waals surface area contributed by atoms with E-state index in [1.165, 1.54) is 11.6 Å². The van der Waals surface area contributed by atoms with Crippen LogP contribution in [-0.4, -0.2) is 34.2 Å². The number of thiophene rings is 1. The second-order valence-corrected chi connectivity index (χ2v) is 8.53. The fraction of sp³-hybridized carbons (Fsp3) is 0.500. The highest BCUT2D eigenvalue weighted by atomic mass is 32.1. The SMILES string of the molecule is CCCOC(=O)c1c(NC(=O)CCn2nc(C(F)(F)F)cc2C2CC2)sc(C(N)=O)c1C. The number of nitrogens with one attached hydrogen (secondary N) is 1. The first-order chi connectivity index (χ1) is 15.0. The molecule has 3 N–H and O–H groups in total. The summed E-state index contributed by atoms with van der Waals surface area (Å²) in [6, 6.07) is 1.03. The van der Waals surface area contributed by atoms with E-state index in [0.29, 0.717) is 17.7 Å². The number of aromatic nitrogens is 2. The van der Waals surface area contributed by atoms with Crippen LogP contribution in [0.5, 0.6) is 0 Å². The van der Waals surface area contributed by atoms with Crippen LogP contribution in [0.3, 0.4) is 0 Å². The van der Waals surface area contributed by atoms with Crippen LogP contribution in [-0.2, 0) is 22.3 Å². The van der Waals surface area contributed by atoms with Crippen LogP contribution in [0.1, 0.15) is 75.5 Å². The molecule has 0 bridgehead atoms. The minimum Gasteiger partial charge on any atom is -0.462 e. The van der Waals surface area contributed by atoms with E-state index >= 15 is 0 Å². The molecule has 2 aromatic heterocycles. The van der Waals surface area contributed by atoms with Crippen molar-refractivity contribution >= 4 is 34.1 Å². The molecule has 0 spiro atoms. The largest absolute Gasteiger partial charge is 0.462 e. The van der Waals surface area contributed by atoms with Crippen LogP contribution in [0.15, 0.2) is 6.07 Å². The predicted octanol–water partition coefficient (Wildman–Crippen LogP) is 3.84. The average Bonchev–Trinajstić information content (AvgIpc) is 3.36. The lowest BCUT2D eigenvalue weighted by atomic mass is 10.1. The summed E-state index contributed by atoms with van der Waals surface area (Å²) in [5.41, 5.74) is 5.17. The number of primary amides is 1. The molecule has 8 nitrogen and oxygen atoms in total. The number of anilines is 1. The highest BCUT2D eigenvalue weighted by Gasteiger charge is 2.37. The summed E-state index contributed by atoms with van der Waals surface area (Å²) in [4.78, 5) is 36.7. The molecule has 0 unspecified atom stereocenters. The number of nitrogens with two attached hydrogens (primary N) is 1. The number of carbonyl (C=O) groups is 3. The van der Waals surface area contributed by atoms with E-state index in [1.807, 2.05) is 6.92 Å². The molecule has 1 saturated carbocycles. The number of halogens is 3. The maximum Gasteiger partial charge on any atom is 0.435 e. The minimum absolute atomic E-state index is 0.0136. The monoisotopic (exact) mass is 472 g/mol. The smallest absolute Gasteiger partial charge is 0.435 e. The molecular formula is C20H23F3N4O4S. The Kier molecular flexibility index (Phi) is 6.91. The number of amides is 2. The molecule has 0 atom stereocenters. The summed E-state index contributed by atoms with van der Waals surface area (Å²) in [5.74, 6) is -1.97. The zero-order valence-electron chi connectivity index (χ0n) is 17.5. The van der Waals surface area contributed by atoms with Gasteiger partial charge in [0.05, 0.1) is 17.0 Å². The van der Waals surface area contributed by atoms with Crippen LogP contribution < -0.4 is 11.1 Å². The quantitative estimate of drug-likeness (QED) is 0.538. The number of ether oxygens (including phenoxy) is 1. The Morgan fingerprint density at radius 3 is 2.59 bits per heavy atom. The first-order valence-electron chi connectivity index (χ1n) is 10.1. The van der Waals surface area contributed by atoms with E-state index in [-0.39, 0.29) is 40.9 Å². The standard InChI is InChI=1S/C20H23F3N4O4S/c1-3-8-31-19(30)15-10(2)16(17(24)29)32-18(15)25-14(28)6-7-27-12(11-4-5-11)9-13(26-27)20(21,22)23/h9,11H,3-8H2,1-2H3,(H2,24,29)(H,25,28). The third-order valence-corrected chi connectivity index (χ3v) is 6.13. The van der Waals surface area contributed by atoms with Crippen molar-refractivity contribution in [3.8, 4) is 0 Å². The van der Waals surface area contributed by atoms with Gasteiger partial charge in [-0.1, -0.05) is 6.92 Å². The Balaban J connectivity index is 1.75. The van der Waals surface area contributed by atoms with Crippen molar-refractivity contribution in [1.29, 1.82) is 0 Å². The van der Waals surface area contributed by atoms with Crippen molar-refractivity contribution in [2.24, 2.45) is 5.73 Å². The van der Waals surface area contributed by atoms with E-state index in [4.69, 9.17) is 10.5 Å². The van der Waals surface area contributed by atoms with E-state index in [9.17, 15) is 27.6 Å². The maximum absolute atomic E-state index is 13.0. The number of aryl methyl sites for hydroxylation is 1. The molecule has 0 radical (unpaired) electrons. The molecule has 174 valence electrons. The van der Waals surface area contributed by atoms with Gasteiger partial charge in [-0.3, -0.25) is 14.3 Å². The number of rotatable bonds is 9. The van der Waals surface area contributed by atoms with Crippen LogP contribution in [0.25, 0.3) is 0 Å². The summed E-state index contributed by atoms with van der Waals surface area (Å²) in [7, 11) is 0. The van der Waals surface area contributed by atoms with Crippen molar-refractivity contribution in [2.45, 2.75) is 58.2 Å². The fourth-order valence-electron chi connectivity index (χ4n) is 3.20. The topological polar surface area (TPSA) is 116 Å². The Labute approximate surface area is 185 Å².